The second kappa shape index (κ2) is 11.2. The van der Waals surface area contributed by atoms with Crippen molar-refractivity contribution in [3.63, 3.8) is 0 Å². The molecule has 0 saturated heterocycles. The maximum absolute atomic E-state index is 13.4. The van der Waals surface area contributed by atoms with E-state index in [1.165, 1.54) is 0 Å². The molecule has 0 aliphatic heterocycles. The Hall–Kier alpha value is -2.02. The van der Waals surface area contributed by atoms with Gasteiger partial charge in [0.2, 0.25) is 9.70 Å². The molecule has 9 heteroatoms. The van der Waals surface area contributed by atoms with E-state index in [4.69, 9.17) is 58.6 Å². The van der Waals surface area contributed by atoms with Gasteiger partial charge in [0, 0.05) is 0 Å². The van der Waals surface area contributed by atoms with Crippen LogP contribution >= 0.6 is 58.6 Å². The van der Waals surface area contributed by atoms with Gasteiger partial charge >= 0.3 is 0 Å². The fraction of sp³-hybridized carbons (Fsp3) is 0.130. The Balaban J connectivity index is 1.81. The molecular weight excluding hydrogens is 508 g/mol. The third-order valence-electron chi connectivity index (χ3n) is 4.54. The molecule has 0 fully saturated rings. The maximum atomic E-state index is 13.4. The molecule has 3 aromatic rings. The lowest BCUT2D eigenvalue weighted by atomic mass is 9.90. The van der Waals surface area contributed by atoms with Crippen LogP contribution in [0.4, 0.5) is 5.69 Å². The zero-order valence-electron chi connectivity index (χ0n) is 16.6. The fourth-order valence-corrected chi connectivity index (χ4v) is 3.80. The topological polar surface area (TPSA) is 53.2 Å². The predicted molar refractivity (Wildman–Crippen MR) is 138 cm³/mol. The molecule has 3 rings (SSSR count). The van der Waals surface area contributed by atoms with Crippen LogP contribution in [0.15, 0.2) is 84.9 Å². The van der Waals surface area contributed by atoms with Gasteiger partial charge in [-0.15, -0.1) is 0 Å². The van der Waals surface area contributed by atoms with Gasteiger partial charge in [-0.2, -0.15) is 0 Å². The number of alkyl halides is 3. The van der Waals surface area contributed by atoms with Crippen molar-refractivity contribution in [2.45, 2.75) is 15.9 Å². The smallest absolute Gasteiger partial charge is 0.233 e. The highest BCUT2D eigenvalue weighted by Crippen LogP contribution is 2.31. The summed E-state index contributed by atoms with van der Waals surface area (Å²) in [5.74, 6) is -0.967. The number of para-hydroxylation sites is 1. The van der Waals surface area contributed by atoms with Crippen molar-refractivity contribution in [2.75, 3.05) is 5.32 Å². The summed E-state index contributed by atoms with van der Waals surface area (Å²) >= 11 is 30.0. The van der Waals surface area contributed by atoms with Crippen LogP contribution in [0.5, 0.6) is 0 Å². The number of anilines is 1. The van der Waals surface area contributed by atoms with Gasteiger partial charge in [-0.05, 0) is 35.5 Å². The lowest BCUT2D eigenvalue weighted by Gasteiger charge is -2.29. The predicted octanol–water partition coefficient (Wildman–Crippen LogP) is 6.27. The van der Waals surface area contributed by atoms with E-state index in [-0.39, 0.29) is 11.0 Å². The number of rotatable bonds is 6. The lowest BCUT2D eigenvalue weighted by Crippen LogP contribution is -2.57. The molecule has 0 saturated carbocycles. The third-order valence-corrected chi connectivity index (χ3v) is 5.74. The summed E-state index contributed by atoms with van der Waals surface area (Å²) in [6.07, 6.45) is -1.11. The SMILES string of the molecule is O=C(NC(NC(=S)Nc1ccccc1Cl)C(Cl)(Cl)Cl)C(c1ccccc1)c1ccccc1. The van der Waals surface area contributed by atoms with Crippen molar-refractivity contribution in [2.24, 2.45) is 0 Å². The summed E-state index contributed by atoms with van der Waals surface area (Å²) in [4.78, 5) is 13.4. The molecule has 3 N–H and O–H groups in total. The molecule has 3 aromatic carbocycles. The number of thiocarbonyl (C=S) groups is 1. The van der Waals surface area contributed by atoms with Gasteiger partial charge in [0.25, 0.3) is 0 Å². The number of carbonyl (C=O) groups excluding carboxylic acids is 1. The van der Waals surface area contributed by atoms with Gasteiger partial charge in [0.05, 0.1) is 16.6 Å². The maximum Gasteiger partial charge on any atom is 0.233 e. The second-order valence-electron chi connectivity index (χ2n) is 6.82. The zero-order valence-corrected chi connectivity index (χ0v) is 20.4. The van der Waals surface area contributed by atoms with E-state index in [0.717, 1.165) is 11.1 Å². The first-order valence-corrected chi connectivity index (χ1v) is 11.5. The summed E-state index contributed by atoms with van der Waals surface area (Å²) in [5.41, 5.74) is 2.18. The largest absolute Gasteiger partial charge is 0.339 e. The minimum absolute atomic E-state index is 0.130. The van der Waals surface area contributed by atoms with Crippen LogP contribution in [0.3, 0.4) is 0 Å². The van der Waals surface area contributed by atoms with Crippen molar-refractivity contribution in [3.8, 4) is 0 Å². The molecule has 1 amide bonds. The number of benzene rings is 3. The summed E-state index contributed by atoms with van der Waals surface area (Å²) < 4.78 is -1.89. The Bertz CT molecular complexity index is 1020. The molecule has 166 valence electrons. The Morgan fingerprint density at radius 3 is 1.78 bits per heavy atom. The molecule has 0 aromatic heterocycles. The van der Waals surface area contributed by atoms with E-state index in [2.05, 4.69) is 16.0 Å². The Labute approximate surface area is 212 Å². The van der Waals surface area contributed by atoms with E-state index in [0.29, 0.717) is 10.7 Å². The highest BCUT2D eigenvalue weighted by atomic mass is 35.6. The lowest BCUT2D eigenvalue weighted by molar-refractivity contribution is -0.122. The molecule has 0 aliphatic carbocycles. The van der Waals surface area contributed by atoms with Crippen LogP contribution in [-0.2, 0) is 4.79 Å². The van der Waals surface area contributed by atoms with Crippen LogP contribution in [0.2, 0.25) is 5.02 Å². The monoisotopic (exact) mass is 525 g/mol. The van der Waals surface area contributed by atoms with Crippen LogP contribution in [0, 0.1) is 0 Å². The molecule has 0 heterocycles. The van der Waals surface area contributed by atoms with E-state index in [9.17, 15) is 4.79 Å². The number of hydrogen-bond acceptors (Lipinski definition) is 2. The summed E-state index contributed by atoms with van der Waals surface area (Å²) in [6.45, 7) is 0. The number of halogens is 4. The normalized spacial score (nSPS) is 12.2. The van der Waals surface area contributed by atoms with Gasteiger partial charge in [-0.25, -0.2) is 0 Å². The van der Waals surface area contributed by atoms with Gasteiger partial charge in [0.1, 0.15) is 6.17 Å². The molecule has 0 bridgehead atoms. The van der Waals surface area contributed by atoms with E-state index < -0.39 is 15.9 Å². The summed E-state index contributed by atoms with van der Waals surface area (Å²) in [6, 6.07) is 25.8. The average Bonchev–Trinajstić information content (AvgIpc) is 2.76. The summed E-state index contributed by atoms with van der Waals surface area (Å²) in [5, 5.41) is 9.18. The van der Waals surface area contributed by atoms with Gasteiger partial charge < -0.3 is 16.0 Å². The van der Waals surface area contributed by atoms with Crippen LogP contribution in [0.25, 0.3) is 0 Å². The van der Waals surface area contributed by atoms with E-state index in [1.54, 1.807) is 24.3 Å². The van der Waals surface area contributed by atoms with Crippen molar-refractivity contribution >= 4 is 75.3 Å². The van der Waals surface area contributed by atoms with Crippen LogP contribution in [-0.4, -0.2) is 21.0 Å². The molecule has 32 heavy (non-hydrogen) atoms. The molecule has 0 aliphatic rings. The summed E-state index contributed by atoms with van der Waals surface area (Å²) in [7, 11) is 0. The standard InChI is InChI=1S/C23H19Cl4N3OS/c24-17-13-7-8-14-18(17)28-22(32)30-21(23(25,26)27)29-20(31)19(15-9-3-1-4-10-15)16-11-5-2-6-12-16/h1-14,19,21H,(H,29,31)(H2,28,30,32). The molecule has 0 radical (unpaired) electrons. The first-order valence-electron chi connectivity index (χ1n) is 9.54. The molecule has 0 spiro atoms. The van der Waals surface area contributed by atoms with Gasteiger partial charge in [-0.1, -0.05) is 119 Å². The van der Waals surface area contributed by atoms with Crippen LogP contribution in [0.1, 0.15) is 17.0 Å². The second-order valence-corrected chi connectivity index (χ2v) is 10.0. The number of nitrogens with one attached hydrogen (secondary N) is 3. The first-order chi connectivity index (χ1) is 15.3. The highest BCUT2D eigenvalue weighted by molar-refractivity contribution is 7.80. The Kier molecular flexibility index (Phi) is 8.63. The van der Waals surface area contributed by atoms with Gasteiger partial charge in [-0.3, -0.25) is 4.79 Å². The number of carbonyl (C=O) groups is 1. The molecule has 4 nitrogen and oxygen atoms in total. The highest BCUT2D eigenvalue weighted by Gasteiger charge is 2.36. The molecular formula is C23H19Cl4N3OS. The third kappa shape index (κ3) is 6.74. The Morgan fingerprint density at radius 2 is 1.28 bits per heavy atom. The molecule has 1 atom stereocenters. The van der Waals surface area contributed by atoms with Crippen LogP contribution < -0.4 is 16.0 Å². The number of amides is 1. The van der Waals surface area contributed by atoms with E-state index >= 15 is 0 Å². The van der Waals surface area contributed by atoms with Gasteiger partial charge in [0.15, 0.2) is 5.11 Å². The Morgan fingerprint density at radius 1 is 0.781 bits per heavy atom. The fourth-order valence-electron chi connectivity index (χ4n) is 3.06. The minimum Gasteiger partial charge on any atom is -0.339 e. The van der Waals surface area contributed by atoms with Crippen molar-refractivity contribution in [3.05, 3.63) is 101 Å². The quantitative estimate of drug-likeness (QED) is 0.201. The van der Waals surface area contributed by atoms with E-state index in [1.807, 2.05) is 60.7 Å². The number of hydrogen-bond donors (Lipinski definition) is 3. The van der Waals surface area contributed by atoms with Crippen molar-refractivity contribution in [1.82, 2.24) is 10.6 Å². The molecule has 1 unspecified atom stereocenters. The zero-order chi connectivity index (χ0) is 23.1. The van der Waals surface area contributed by atoms with Crippen molar-refractivity contribution in [1.29, 1.82) is 0 Å². The first kappa shape index (κ1) is 24.6. The average molecular weight is 527 g/mol. The van der Waals surface area contributed by atoms with Crippen molar-refractivity contribution < 1.29 is 4.79 Å². The minimum atomic E-state index is -1.89.